The zero-order valence-electron chi connectivity index (χ0n) is 14.4. The van der Waals surface area contributed by atoms with E-state index in [2.05, 4.69) is 5.32 Å². The predicted octanol–water partition coefficient (Wildman–Crippen LogP) is 2.86. The largest absolute Gasteiger partial charge is 0.322 e. The minimum Gasteiger partial charge on any atom is -0.322 e. The predicted molar refractivity (Wildman–Crippen MR) is 100 cm³/mol. The van der Waals surface area contributed by atoms with Crippen LogP contribution in [0.25, 0.3) is 0 Å². The van der Waals surface area contributed by atoms with Gasteiger partial charge in [0.1, 0.15) is 0 Å². The van der Waals surface area contributed by atoms with Crippen molar-refractivity contribution < 1.29 is 18.0 Å². The zero-order chi connectivity index (χ0) is 18.7. The van der Waals surface area contributed by atoms with Gasteiger partial charge in [-0.25, -0.2) is 8.42 Å². The van der Waals surface area contributed by atoms with E-state index in [-0.39, 0.29) is 22.5 Å². The molecule has 136 valence electrons. The lowest BCUT2D eigenvalue weighted by atomic mass is 10.1. The molecule has 0 bridgehead atoms. The van der Waals surface area contributed by atoms with Crippen molar-refractivity contribution in [2.24, 2.45) is 0 Å². The number of sulfone groups is 1. The Morgan fingerprint density at radius 1 is 1.15 bits per heavy atom. The van der Waals surface area contributed by atoms with Gasteiger partial charge in [-0.2, -0.15) is 0 Å². The molecule has 6 nitrogen and oxygen atoms in total. The molecule has 0 spiro atoms. The number of anilines is 2. The van der Waals surface area contributed by atoms with Crippen molar-refractivity contribution in [2.45, 2.75) is 24.7 Å². The Bertz CT molecular complexity index is 936. The lowest BCUT2D eigenvalue weighted by molar-refractivity contribution is -0.117. The monoisotopic (exact) mass is 372 g/mol. The summed E-state index contributed by atoms with van der Waals surface area (Å²) in [7, 11) is -3.27. The van der Waals surface area contributed by atoms with Crippen molar-refractivity contribution in [3.63, 3.8) is 0 Å². The van der Waals surface area contributed by atoms with Gasteiger partial charge in [0.25, 0.3) is 5.91 Å². The number of carbonyl (C=O) groups excluding carboxylic acids is 2. The minimum absolute atomic E-state index is 0.0285. The molecule has 2 aromatic rings. The van der Waals surface area contributed by atoms with Crippen LogP contribution in [0.3, 0.4) is 0 Å². The molecule has 2 amide bonds. The summed E-state index contributed by atoms with van der Waals surface area (Å²) in [5, 5.41) is 2.75. The smallest absolute Gasteiger partial charge is 0.255 e. The Morgan fingerprint density at radius 3 is 2.50 bits per heavy atom. The molecule has 26 heavy (non-hydrogen) atoms. The molecular formula is C19H20N2O4S. The van der Waals surface area contributed by atoms with E-state index in [0.29, 0.717) is 29.9 Å². The van der Waals surface area contributed by atoms with Gasteiger partial charge in [0.15, 0.2) is 9.84 Å². The highest BCUT2D eigenvalue weighted by molar-refractivity contribution is 7.91. The van der Waals surface area contributed by atoms with Crippen molar-refractivity contribution >= 4 is 33.0 Å². The van der Waals surface area contributed by atoms with Gasteiger partial charge >= 0.3 is 0 Å². The summed E-state index contributed by atoms with van der Waals surface area (Å²) in [5.74, 6) is -0.222. The van der Waals surface area contributed by atoms with Crippen molar-refractivity contribution in [1.29, 1.82) is 0 Å². The Kier molecular flexibility index (Phi) is 5.08. The van der Waals surface area contributed by atoms with Crippen LogP contribution in [0, 0.1) is 0 Å². The van der Waals surface area contributed by atoms with Crippen molar-refractivity contribution in [2.75, 3.05) is 22.5 Å². The van der Waals surface area contributed by atoms with Gasteiger partial charge < -0.3 is 10.2 Å². The van der Waals surface area contributed by atoms with Gasteiger partial charge in [-0.15, -0.1) is 0 Å². The molecule has 2 aromatic carbocycles. The number of nitrogens with zero attached hydrogens (tertiary/aromatic N) is 1. The molecule has 0 aromatic heterocycles. The highest BCUT2D eigenvalue weighted by Crippen LogP contribution is 2.23. The summed E-state index contributed by atoms with van der Waals surface area (Å²) < 4.78 is 23.7. The SMILES string of the molecule is CCS(=O)(=O)c1ccc(NC(=O)c2cccc(N3CCCC3=O)c2)cc1. The van der Waals surface area contributed by atoms with Crippen molar-refractivity contribution in [3.05, 3.63) is 54.1 Å². The van der Waals surface area contributed by atoms with E-state index < -0.39 is 9.84 Å². The molecule has 1 heterocycles. The number of hydrogen-bond acceptors (Lipinski definition) is 4. The van der Waals surface area contributed by atoms with Crippen molar-refractivity contribution in [1.82, 2.24) is 0 Å². The van der Waals surface area contributed by atoms with Crippen LogP contribution in [0.2, 0.25) is 0 Å². The van der Waals surface area contributed by atoms with Gasteiger partial charge in [0.05, 0.1) is 10.6 Å². The number of hydrogen-bond donors (Lipinski definition) is 1. The lowest BCUT2D eigenvalue weighted by Crippen LogP contribution is -2.24. The first-order valence-electron chi connectivity index (χ1n) is 8.45. The minimum atomic E-state index is -3.27. The maximum Gasteiger partial charge on any atom is 0.255 e. The zero-order valence-corrected chi connectivity index (χ0v) is 15.3. The van der Waals surface area contributed by atoms with E-state index >= 15 is 0 Å². The quantitative estimate of drug-likeness (QED) is 0.875. The molecule has 0 radical (unpaired) electrons. The van der Waals surface area contributed by atoms with Crippen LogP contribution in [-0.4, -0.2) is 32.5 Å². The van der Waals surface area contributed by atoms with Gasteiger partial charge in [-0.1, -0.05) is 13.0 Å². The van der Waals surface area contributed by atoms with Crippen LogP contribution < -0.4 is 10.2 Å². The molecule has 1 aliphatic rings. The summed E-state index contributed by atoms with van der Waals surface area (Å²) in [6, 6.07) is 13.0. The molecular weight excluding hydrogens is 352 g/mol. The third-order valence-corrected chi connectivity index (χ3v) is 6.10. The van der Waals surface area contributed by atoms with E-state index in [1.165, 1.54) is 12.1 Å². The highest BCUT2D eigenvalue weighted by Gasteiger charge is 2.22. The average Bonchev–Trinajstić information content (AvgIpc) is 3.08. The molecule has 3 rings (SSSR count). The molecule has 1 N–H and O–H groups in total. The molecule has 0 aliphatic carbocycles. The third kappa shape index (κ3) is 3.77. The molecule has 0 atom stereocenters. The van der Waals surface area contributed by atoms with Crippen LogP contribution in [0.15, 0.2) is 53.4 Å². The maximum absolute atomic E-state index is 12.5. The molecule has 1 saturated heterocycles. The van der Waals surface area contributed by atoms with E-state index in [4.69, 9.17) is 0 Å². The second-order valence-corrected chi connectivity index (χ2v) is 8.36. The van der Waals surface area contributed by atoms with Gasteiger partial charge in [0, 0.05) is 29.9 Å². The molecule has 1 fully saturated rings. The molecule has 0 unspecified atom stereocenters. The first-order valence-corrected chi connectivity index (χ1v) is 10.1. The summed E-state index contributed by atoms with van der Waals surface area (Å²) in [4.78, 5) is 26.2. The lowest BCUT2D eigenvalue weighted by Gasteiger charge is -2.16. The summed E-state index contributed by atoms with van der Waals surface area (Å²) >= 11 is 0. The Labute approximate surface area is 152 Å². The fourth-order valence-electron chi connectivity index (χ4n) is 2.85. The second kappa shape index (κ2) is 7.29. The Hall–Kier alpha value is -2.67. The van der Waals surface area contributed by atoms with E-state index in [1.54, 1.807) is 42.2 Å². The van der Waals surface area contributed by atoms with Crippen LogP contribution in [0.1, 0.15) is 30.1 Å². The fraction of sp³-hybridized carbons (Fsp3) is 0.263. The second-order valence-electron chi connectivity index (χ2n) is 6.08. The first kappa shape index (κ1) is 18.1. The molecule has 7 heteroatoms. The topological polar surface area (TPSA) is 83.6 Å². The van der Waals surface area contributed by atoms with Gasteiger partial charge in [0.2, 0.25) is 5.91 Å². The first-order chi connectivity index (χ1) is 12.4. The summed E-state index contributed by atoms with van der Waals surface area (Å²) in [5.41, 5.74) is 1.66. The number of carbonyl (C=O) groups is 2. The van der Waals surface area contributed by atoms with Crippen LogP contribution >= 0.6 is 0 Å². The summed E-state index contributed by atoms with van der Waals surface area (Å²) in [6.45, 7) is 2.25. The van der Waals surface area contributed by atoms with E-state index in [0.717, 1.165) is 6.42 Å². The normalized spacial score (nSPS) is 14.5. The van der Waals surface area contributed by atoms with Crippen LogP contribution in [-0.2, 0) is 14.6 Å². The van der Waals surface area contributed by atoms with Gasteiger partial charge in [-0.05, 0) is 48.9 Å². The van der Waals surface area contributed by atoms with E-state index in [1.807, 2.05) is 6.07 Å². The molecule has 1 aliphatic heterocycles. The Balaban J connectivity index is 1.75. The fourth-order valence-corrected chi connectivity index (χ4v) is 3.74. The van der Waals surface area contributed by atoms with E-state index in [9.17, 15) is 18.0 Å². The molecule has 0 saturated carbocycles. The summed E-state index contributed by atoms with van der Waals surface area (Å²) in [6.07, 6.45) is 1.35. The van der Waals surface area contributed by atoms with Crippen LogP contribution in [0.4, 0.5) is 11.4 Å². The number of amides is 2. The standard InChI is InChI=1S/C19H20N2O4S/c1-2-26(24,25)17-10-8-15(9-11-17)20-19(23)14-5-3-6-16(13-14)21-12-4-7-18(21)22/h3,5-6,8-11,13H,2,4,7,12H2,1H3,(H,20,23). The van der Waals surface area contributed by atoms with Gasteiger partial charge in [-0.3, -0.25) is 9.59 Å². The number of rotatable bonds is 5. The Morgan fingerprint density at radius 2 is 1.88 bits per heavy atom. The maximum atomic E-state index is 12.5. The highest BCUT2D eigenvalue weighted by atomic mass is 32.2. The van der Waals surface area contributed by atoms with Crippen LogP contribution in [0.5, 0.6) is 0 Å². The third-order valence-electron chi connectivity index (χ3n) is 4.34. The number of nitrogens with one attached hydrogen (secondary N) is 1. The van der Waals surface area contributed by atoms with Crippen molar-refractivity contribution in [3.8, 4) is 0 Å². The average molecular weight is 372 g/mol. The number of benzene rings is 2.